The molecule has 0 fully saturated rings. The molecule has 0 saturated carbocycles. The van der Waals surface area contributed by atoms with Crippen molar-refractivity contribution in [1.82, 2.24) is 0 Å². The van der Waals surface area contributed by atoms with Gasteiger partial charge in [-0.05, 0) is 55.3 Å². The van der Waals surface area contributed by atoms with Crippen LogP contribution in [0.3, 0.4) is 0 Å². The van der Waals surface area contributed by atoms with Crippen molar-refractivity contribution in [3.8, 4) is 11.5 Å². The minimum Gasteiger partial charge on any atom is -0.482 e. The second kappa shape index (κ2) is 8.23. The van der Waals surface area contributed by atoms with Crippen LogP contribution in [-0.2, 0) is 9.53 Å². The van der Waals surface area contributed by atoms with Crippen LogP contribution in [0.1, 0.15) is 21.5 Å². The fourth-order valence-electron chi connectivity index (χ4n) is 2.14. The lowest BCUT2D eigenvalue weighted by Gasteiger charge is -2.11. The molecule has 0 spiro atoms. The molecule has 0 unspecified atom stereocenters. The van der Waals surface area contributed by atoms with Gasteiger partial charge in [-0.2, -0.15) is 0 Å². The first-order valence-electron chi connectivity index (χ1n) is 7.30. The van der Waals surface area contributed by atoms with E-state index in [4.69, 9.17) is 32.7 Å². The average molecular weight is 383 g/mol. The van der Waals surface area contributed by atoms with Gasteiger partial charge in [-0.1, -0.05) is 23.2 Å². The molecule has 0 bridgehead atoms. The molecule has 2 aromatic carbocycles. The molecule has 0 aliphatic heterocycles. The topological polar surface area (TPSA) is 61.8 Å². The van der Waals surface area contributed by atoms with Gasteiger partial charge in [0.2, 0.25) is 0 Å². The van der Waals surface area contributed by atoms with E-state index >= 15 is 0 Å². The van der Waals surface area contributed by atoms with E-state index in [0.29, 0.717) is 15.8 Å². The number of carbonyl (C=O) groups is 2. The monoisotopic (exact) mass is 382 g/mol. The van der Waals surface area contributed by atoms with Crippen LogP contribution in [0.4, 0.5) is 0 Å². The molecular formula is C18H16Cl2O5. The van der Waals surface area contributed by atoms with Crippen molar-refractivity contribution in [1.29, 1.82) is 0 Å². The fraction of sp³-hybridized carbons (Fsp3) is 0.222. The number of rotatable bonds is 5. The molecule has 0 saturated heterocycles. The maximum atomic E-state index is 12.0. The lowest BCUT2D eigenvalue weighted by atomic mass is 10.1. The molecular weight excluding hydrogens is 367 g/mol. The Bertz CT molecular complexity index is 794. The van der Waals surface area contributed by atoms with Gasteiger partial charge in [0.05, 0.1) is 7.11 Å². The third-order valence-electron chi connectivity index (χ3n) is 3.34. The zero-order valence-corrected chi connectivity index (χ0v) is 15.4. The standard InChI is InChI=1S/C18H16Cl2O5/c1-10-6-13(7-11(2)17(10)20)24-9-16(21)25-15-5-4-12(19)8-14(15)18(22)23-3/h4-8H,9H2,1-3H3. The summed E-state index contributed by atoms with van der Waals surface area (Å²) in [4.78, 5) is 23.8. The molecule has 0 atom stereocenters. The summed E-state index contributed by atoms with van der Waals surface area (Å²) in [6.45, 7) is 3.36. The Morgan fingerprint density at radius 1 is 1.04 bits per heavy atom. The van der Waals surface area contributed by atoms with Gasteiger partial charge in [-0.15, -0.1) is 0 Å². The van der Waals surface area contributed by atoms with Crippen molar-refractivity contribution in [3.05, 3.63) is 57.1 Å². The SMILES string of the molecule is COC(=O)c1cc(Cl)ccc1OC(=O)COc1cc(C)c(Cl)c(C)c1. The maximum absolute atomic E-state index is 12.0. The van der Waals surface area contributed by atoms with Gasteiger partial charge >= 0.3 is 11.9 Å². The van der Waals surface area contributed by atoms with Gasteiger partial charge in [-0.25, -0.2) is 9.59 Å². The first-order chi connectivity index (χ1) is 11.8. The Morgan fingerprint density at radius 3 is 2.28 bits per heavy atom. The number of esters is 2. The van der Waals surface area contributed by atoms with Crippen LogP contribution >= 0.6 is 23.2 Å². The van der Waals surface area contributed by atoms with Crippen LogP contribution in [-0.4, -0.2) is 25.7 Å². The van der Waals surface area contributed by atoms with E-state index in [-0.39, 0.29) is 17.9 Å². The van der Waals surface area contributed by atoms with Crippen LogP contribution in [0.2, 0.25) is 10.0 Å². The summed E-state index contributed by atoms with van der Waals surface area (Å²) in [5.41, 5.74) is 1.74. The molecule has 0 N–H and O–H groups in total. The number of carbonyl (C=O) groups excluding carboxylic acids is 2. The Morgan fingerprint density at radius 2 is 1.68 bits per heavy atom. The lowest BCUT2D eigenvalue weighted by molar-refractivity contribution is -0.136. The number of halogens is 2. The number of hydrogen-bond acceptors (Lipinski definition) is 5. The summed E-state index contributed by atoms with van der Waals surface area (Å²) in [6, 6.07) is 7.74. The summed E-state index contributed by atoms with van der Waals surface area (Å²) in [7, 11) is 1.23. The minimum absolute atomic E-state index is 0.0494. The number of hydrogen-bond donors (Lipinski definition) is 0. The van der Waals surface area contributed by atoms with Crippen molar-refractivity contribution in [2.24, 2.45) is 0 Å². The predicted octanol–water partition coefficient (Wildman–Crippen LogP) is 4.38. The molecule has 0 amide bonds. The highest BCUT2D eigenvalue weighted by Gasteiger charge is 2.17. The average Bonchev–Trinajstić information content (AvgIpc) is 2.58. The Hall–Kier alpha value is -2.24. The van der Waals surface area contributed by atoms with Crippen LogP contribution in [0.25, 0.3) is 0 Å². The molecule has 2 aromatic rings. The van der Waals surface area contributed by atoms with Gasteiger partial charge < -0.3 is 14.2 Å². The van der Waals surface area contributed by atoms with Crippen molar-refractivity contribution in [3.63, 3.8) is 0 Å². The highest BCUT2D eigenvalue weighted by atomic mass is 35.5. The lowest BCUT2D eigenvalue weighted by Crippen LogP contribution is -2.19. The third kappa shape index (κ3) is 4.87. The van der Waals surface area contributed by atoms with Crippen LogP contribution in [0.15, 0.2) is 30.3 Å². The van der Waals surface area contributed by atoms with Crippen molar-refractivity contribution >= 4 is 35.1 Å². The highest BCUT2D eigenvalue weighted by molar-refractivity contribution is 6.32. The second-order valence-corrected chi connectivity index (χ2v) is 6.08. The summed E-state index contributed by atoms with van der Waals surface area (Å²) in [5, 5.41) is 0.974. The minimum atomic E-state index is -0.669. The van der Waals surface area contributed by atoms with Gasteiger partial charge in [0.1, 0.15) is 17.1 Å². The van der Waals surface area contributed by atoms with Crippen molar-refractivity contribution in [2.45, 2.75) is 13.8 Å². The largest absolute Gasteiger partial charge is 0.482 e. The normalized spacial score (nSPS) is 10.3. The Kier molecular flexibility index (Phi) is 6.28. The van der Waals surface area contributed by atoms with E-state index in [0.717, 1.165) is 11.1 Å². The van der Waals surface area contributed by atoms with E-state index in [1.54, 1.807) is 12.1 Å². The third-order valence-corrected chi connectivity index (χ3v) is 4.17. The van der Waals surface area contributed by atoms with E-state index in [9.17, 15) is 9.59 Å². The molecule has 7 heteroatoms. The summed E-state index contributed by atoms with van der Waals surface area (Å²) < 4.78 is 15.3. The molecule has 2 rings (SSSR count). The number of benzene rings is 2. The quantitative estimate of drug-likeness (QED) is 0.567. The molecule has 0 aromatic heterocycles. The van der Waals surface area contributed by atoms with Crippen LogP contribution < -0.4 is 9.47 Å². The first kappa shape index (κ1) is 19.1. The van der Waals surface area contributed by atoms with E-state index in [1.807, 2.05) is 13.8 Å². The number of methoxy groups -OCH3 is 1. The molecule has 0 aliphatic carbocycles. The molecule has 25 heavy (non-hydrogen) atoms. The number of aryl methyl sites for hydroxylation is 2. The van der Waals surface area contributed by atoms with E-state index in [2.05, 4.69) is 4.74 Å². The van der Waals surface area contributed by atoms with E-state index < -0.39 is 11.9 Å². The first-order valence-corrected chi connectivity index (χ1v) is 8.05. The van der Waals surface area contributed by atoms with Crippen molar-refractivity contribution < 1.29 is 23.8 Å². The van der Waals surface area contributed by atoms with Gasteiger partial charge in [0.25, 0.3) is 0 Å². The molecule has 0 radical (unpaired) electrons. The van der Waals surface area contributed by atoms with Gasteiger partial charge in [0, 0.05) is 10.0 Å². The van der Waals surface area contributed by atoms with E-state index in [1.165, 1.54) is 25.3 Å². The molecule has 0 heterocycles. The maximum Gasteiger partial charge on any atom is 0.349 e. The summed E-state index contributed by atoms with van der Waals surface area (Å²) in [5.74, 6) is -0.776. The second-order valence-electron chi connectivity index (χ2n) is 5.27. The zero-order chi connectivity index (χ0) is 18.6. The smallest absolute Gasteiger partial charge is 0.349 e. The molecule has 132 valence electrons. The fourth-order valence-corrected chi connectivity index (χ4v) is 2.43. The zero-order valence-electron chi connectivity index (χ0n) is 13.9. The summed E-state index contributed by atoms with van der Waals surface area (Å²) in [6.07, 6.45) is 0. The van der Waals surface area contributed by atoms with Crippen molar-refractivity contribution in [2.75, 3.05) is 13.7 Å². The molecule has 0 aliphatic rings. The Labute approximate surface area is 155 Å². The van der Waals surface area contributed by atoms with Gasteiger partial charge in [0.15, 0.2) is 6.61 Å². The molecule has 5 nitrogen and oxygen atoms in total. The number of ether oxygens (including phenoxy) is 3. The highest BCUT2D eigenvalue weighted by Crippen LogP contribution is 2.26. The predicted molar refractivity (Wildman–Crippen MR) is 94.8 cm³/mol. The van der Waals surface area contributed by atoms with Gasteiger partial charge in [-0.3, -0.25) is 0 Å². The summed E-state index contributed by atoms with van der Waals surface area (Å²) >= 11 is 11.9. The Balaban J connectivity index is 2.07. The van der Waals surface area contributed by atoms with Crippen LogP contribution in [0.5, 0.6) is 11.5 Å². The van der Waals surface area contributed by atoms with Crippen LogP contribution in [0, 0.1) is 13.8 Å².